The third-order valence-electron chi connectivity index (χ3n) is 4.91. The van der Waals surface area contributed by atoms with E-state index >= 15 is 0 Å². The Morgan fingerprint density at radius 3 is 1.22 bits per heavy atom. The van der Waals surface area contributed by atoms with Crippen LogP contribution in [0.2, 0.25) is 0 Å². The maximum Gasteiger partial charge on any atom is 0.280 e. The van der Waals surface area contributed by atoms with Crippen LogP contribution in [-0.2, 0) is 0 Å². The van der Waals surface area contributed by atoms with Crippen molar-refractivity contribution in [1.29, 1.82) is 0 Å². The van der Waals surface area contributed by atoms with Gasteiger partial charge in [0.1, 0.15) is 0 Å². The summed E-state index contributed by atoms with van der Waals surface area (Å²) in [5.41, 5.74) is 1.90. The first kappa shape index (κ1) is 25.0. The Balaban J connectivity index is 2.13. The molecule has 0 aliphatic carbocycles. The summed E-state index contributed by atoms with van der Waals surface area (Å²) in [4.78, 5) is 20.9. The number of hydrogen-bond acceptors (Lipinski definition) is 4. The summed E-state index contributed by atoms with van der Waals surface area (Å²) in [6.07, 6.45) is 0. The highest BCUT2D eigenvalue weighted by Crippen LogP contribution is 2.51. The van der Waals surface area contributed by atoms with Gasteiger partial charge in [0.25, 0.3) is 11.4 Å². The molecular formula is C22H16Br4N2O4. The molecule has 32 heavy (non-hydrogen) atoms. The molecule has 0 radical (unpaired) electrons. The lowest BCUT2D eigenvalue weighted by atomic mass is 9.96. The van der Waals surface area contributed by atoms with Crippen LogP contribution in [0.15, 0.2) is 72.8 Å². The largest absolute Gasteiger partial charge is 0.280 e. The molecule has 0 heterocycles. The van der Waals surface area contributed by atoms with E-state index in [0.717, 1.165) is 17.2 Å². The molecule has 0 amide bonds. The fourth-order valence-electron chi connectivity index (χ4n) is 3.30. The second-order valence-electron chi connectivity index (χ2n) is 6.91. The topological polar surface area (TPSA) is 86.3 Å². The second kappa shape index (κ2) is 11.0. The Kier molecular flexibility index (Phi) is 8.60. The Labute approximate surface area is 218 Å². The van der Waals surface area contributed by atoms with Crippen molar-refractivity contribution in [3.63, 3.8) is 0 Å². The molecule has 10 heteroatoms. The van der Waals surface area contributed by atoms with Gasteiger partial charge in [-0.25, -0.2) is 0 Å². The lowest BCUT2D eigenvalue weighted by molar-refractivity contribution is -0.395. The SMILES string of the molecule is O=[N+]([O-])c1cc([N+](=O)[O-])c([C@H](Br)[C@@H](Br)c2ccccc2)cc1[C@H](Br)[C@H](Br)c1ccccc1. The minimum absolute atomic E-state index is 0.292. The number of nitrogens with zero attached hydrogens (tertiary/aromatic N) is 2. The van der Waals surface area contributed by atoms with Crippen molar-refractivity contribution in [2.75, 3.05) is 0 Å². The molecule has 0 fully saturated rings. The molecule has 0 aromatic heterocycles. The molecule has 0 saturated heterocycles. The first-order valence-electron chi connectivity index (χ1n) is 9.35. The third-order valence-corrected chi connectivity index (χ3v) is 10.5. The highest BCUT2D eigenvalue weighted by atomic mass is 79.9. The average Bonchev–Trinajstić information content (AvgIpc) is 2.82. The van der Waals surface area contributed by atoms with Gasteiger partial charge in [-0.2, -0.15) is 0 Å². The van der Waals surface area contributed by atoms with Gasteiger partial charge in [0.2, 0.25) is 0 Å². The zero-order valence-corrected chi connectivity index (χ0v) is 22.6. The van der Waals surface area contributed by atoms with Gasteiger partial charge < -0.3 is 0 Å². The van der Waals surface area contributed by atoms with Crippen molar-refractivity contribution in [3.05, 3.63) is 115 Å². The van der Waals surface area contributed by atoms with Crippen molar-refractivity contribution in [2.45, 2.75) is 19.3 Å². The lowest BCUT2D eigenvalue weighted by Gasteiger charge is -2.21. The molecule has 0 unspecified atom stereocenters. The van der Waals surface area contributed by atoms with E-state index in [1.807, 2.05) is 60.7 Å². The number of alkyl halides is 4. The minimum Gasteiger partial charge on any atom is -0.258 e. The van der Waals surface area contributed by atoms with Gasteiger partial charge in [0.05, 0.1) is 35.2 Å². The van der Waals surface area contributed by atoms with E-state index in [4.69, 9.17) is 0 Å². The lowest BCUT2D eigenvalue weighted by Crippen LogP contribution is -2.09. The van der Waals surface area contributed by atoms with Crippen molar-refractivity contribution >= 4 is 75.1 Å². The van der Waals surface area contributed by atoms with Crippen molar-refractivity contribution in [1.82, 2.24) is 0 Å². The monoisotopic (exact) mass is 688 g/mol. The van der Waals surface area contributed by atoms with Crippen molar-refractivity contribution < 1.29 is 9.85 Å². The zero-order valence-electron chi connectivity index (χ0n) is 16.3. The first-order valence-corrected chi connectivity index (χ1v) is 13.0. The van der Waals surface area contributed by atoms with Crippen LogP contribution in [0.1, 0.15) is 41.6 Å². The van der Waals surface area contributed by atoms with Gasteiger partial charge in [-0.1, -0.05) is 124 Å². The molecule has 3 aromatic carbocycles. The predicted octanol–water partition coefficient (Wildman–Crippen LogP) is 8.65. The zero-order chi connectivity index (χ0) is 23.4. The van der Waals surface area contributed by atoms with Crippen LogP contribution in [0.3, 0.4) is 0 Å². The molecule has 0 bridgehead atoms. The van der Waals surface area contributed by atoms with E-state index in [2.05, 4.69) is 63.7 Å². The van der Waals surface area contributed by atoms with Crippen LogP contribution in [0.5, 0.6) is 0 Å². The van der Waals surface area contributed by atoms with Crippen LogP contribution in [-0.4, -0.2) is 9.85 Å². The maximum absolute atomic E-state index is 11.8. The number of hydrogen-bond donors (Lipinski definition) is 0. The average molecular weight is 692 g/mol. The third kappa shape index (κ3) is 5.47. The minimum atomic E-state index is -0.586. The quantitative estimate of drug-likeness (QED) is 0.134. The van der Waals surface area contributed by atoms with Gasteiger partial charge in [0.15, 0.2) is 0 Å². The Morgan fingerprint density at radius 1 is 0.562 bits per heavy atom. The molecular weight excluding hydrogens is 676 g/mol. The van der Waals surface area contributed by atoms with E-state index in [0.29, 0.717) is 11.1 Å². The van der Waals surface area contributed by atoms with Crippen LogP contribution >= 0.6 is 63.7 Å². The van der Waals surface area contributed by atoms with Gasteiger partial charge in [-0.3, -0.25) is 20.2 Å². The number of benzene rings is 3. The molecule has 0 saturated carbocycles. The molecule has 3 rings (SSSR count). The molecule has 0 spiro atoms. The highest BCUT2D eigenvalue weighted by Gasteiger charge is 2.35. The van der Waals surface area contributed by atoms with Crippen molar-refractivity contribution in [2.24, 2.45) is 0 Å². The van der Waals surface area contributed by atoms with E-state index in [9.17, 15) is 20.2 Å². The summed E-state index contributed by atoms with van der Waals surface area (Å²) >= 11 is 14.4. The summed E-state index contributed by atoms with van der Waals surface area (Å²) in [7, 11) is 0. The molecule has 3 aromatic rings. The van der Waals surface area contributed by atoms with E-state index in [-0.39, 0.29) is 21.0 Å². The first-order chi connectivity index (χ1) is 15.2. The van der Waals surface area contributed by atoms with Gasteiger partial charge in [-0.15, -0.1) is 0 Å². The van der Waals surface area contributed by atoms with Gasteiger partial charge in [-0.05, 0) is 17.2 Å². The standard InChI is InChI=1S/C22H16Br4N2O4/c23-19(13-7-3-1-4-8-13)21(25)15-11-16(18(28(31)32)12-17(15)27(29)30)22(26)20(24)14-9-5-2-6-10-14/h1-12,19-22H/t19-,20+,21-,22-/m0/s1. The summed E-state index contributed by atoms with van der Waals surface area (Å²) in [6, 6.07) is 21.5. The van der Waals surface area contributed by atoms with Gasteiger partial charge in [0, 0.05) is 11.1 Å². The molecule has 0 N–H and O–H groups in total. The summed E-state index contributed by atoms with van der Waals surface area (Å²) in [5.74, 6) is 0. The molecule has 0 aliphatic rings. The molecule has 0 aliphatic heterocycles. The van der Waals surface area contributed by atoms with Crippen molar-refractivity contribution in [3.8, 4) is 0 Å². The van der Waals surface area contributed by atoms with E-state index in [1.165, 1.54) is 0 Å². The Bertz CT molecular complexity index is 1030. The van der Waals surface area contributed by atoms with Crippen LogP contribution in [0.4, 0.5) is 11.4 Å². The molecule has 4 atom stereocenters. The normalized spacial score (nSPS) is 14.9. The number of rotatable bonds is 8. The predicted molar refractivity (Wildman–Crippen MR) is 139 cm³/mol. The fourth-order valence-corrected chi connectivity index (χ4v) is 5.82. The summed E-state index contributed by atoms with van der Waals surface area (Å²) in [6.45, 7) is 0. The summed E-state index contributed by atoms with van der Waals surface area (Å²) in [5, 5.41) is 23.6. The van der Waals surface area contributed by atoms with Crippen LogP contribution in [0.25, 0.3) is 0 Å². The summed E-state index contributed by atoms with van der Waals surface area (Å²) < 4.78 is 0. The van der Waals surface area contributed by atoms with Gasteiger partial charge >= 0.3 is 0 Å². The Hall–Kier alpha value is -1.62. The van der Waals surface area contributed by atoms with Crippen LogP contribution in [0, 0.1) is 20.2 Å². The second-order valence-corrected chi connectivity index (χ2v) is 10.9. The van der Waals surface area contributed by atoms with E-state index in [1.54, 1.807) is 6.07 Å². The maximum atomic E-state index is 11.8. The van der Waals surface area contributed by atoms with E-state index < -0.39 is 19.5 Å². The number of nitro benzene ring substituents is 2. The number of nitro groups is 2. The van der Waals surface area contributed by atoms with Crippen LogP contribution < -0.4 is 0 Å². The molecule has 6 nitrogen and oxygen atoms in total. The fraction of sp³-hybridized carbons (Fsp3) is 0.182. The molecule has 166 valence electrons. The number of halogens is 4. The highest BCUT2D eigenvalue weighted by molar-refractivity contribution is 9.12. The Morgan fingerprint density at radius 2 is 0.906 bits per heavy atom. The smallest absolute Gasteiger partial charge is 0.258 e.